The molecule has 1 atom stereocenters. The summed E-state index contributed by atoms with van der Waals surface area (Å²) in [6.45, 7) is 0. The van der Waals surface area contributed by atoms with Crippen molar-refractivity contribution in [3.8, 4) is 0 Å². The van der Waals surface area contributed by atoms with Crippen LogP contribution in [0.3, 0.4) is 0 Å². The third-order valence-electron chi connectivity index (χ3n) is 0.203. The molecule has 0 spiro atoms. The Labute approximate surface area is 98.7 Å². The van der Waals surface area contributed by atoms with Gasteiger partial charge in [-0.2, -0.15) is 0 Å². The Bertz CT molecular complexity index is 152. The van der Waals surface area contributed by atoms with Crippen molar-refractivity contribution in [3.05, 3.63) is 0 Å². The predicted octanol–water partition coefficient (Wildman–Crippen LogP) is -5.70. The molecule has 0 saturated carbocycles. The minimum atomic E-state index is -5.61. The molecule has 0 bridgehead atoms. The van der Waals surface area contributed by atoms with Crippen LogP contribution in [-0.2, 0) is 13.4 Å². The van der Waals surface area contributed by atoms with Crippen LogP contribution in [0.1, 0.15) is 0 Å². The van der Waals surface area contributed by atoms with Crippen LogP contribution < -0.4 is 66.1 Å². The van der Waals surface area contributed by atoms with Gasteiger partial charge in [-0.25, -0.2) is 0 Å². The molecule has 0 aromatic carbocycles. The van der Waals surface area contributed by atoms with Gasteiger partial charge in [0.25, 0.3) is 7.82 Å². The van der Waals surface area contributed by atoms with E-state index in [1.807, 2.05) is 0 Å². The molecule has 0 fully saturated rings. The summed E-state index contributed by atoms with van der Waals surface area (Å²) >= 11 is 0. The topological polar surface area (TPSA) is 133 Å². The van der Waals surface area contributed by atoms with Gasteiger partial charge in [0.15, 0.2) is 0 Å². The fourth-order valence-electron chi connectivity index (χ4n) is 0.126. The van der Waals surface area contributed by atoms with Crippen molar-refractivity contribution in [2.45, 2.75) is 0 Å². The Kier molecular flexibility index (Phi) is 6.94. The fourth-order valence-corrected chi connectivity index (χ4v) is 1.14. The van der Waals surface area contributed by atoms with Crippen LogP contribution in [0.25, 0.3) is 0 Å². The summed E-state index contributed by atoms with van der Waals surface area (Å²) in [6, 6.07) is 0. The van der Waals surface area contributed by atoms with Gasteiger partial charge >= 0.3 is 51.4 Å². The summed E-state index contributed by atoms with van der Waals surface area (Å²) in [5, 5.41) is 0. The Balaban J connectivity index is 0. The van der Waals surface area contributed by atoms with Gasteiger partial charge in [0, 0.05) is 0 Å². The molecule has 56 valence electrons. The molecule has 0 heterocycles. The molecule has 1 N–H and O–H groups in total. The van der Waals surface area contributed by atoms with Crippen molar-refractivity contribution < 1.29 is 84.4 Å². The van der Waals surface area contributed by atoms with E-state index >= 15 is 0 Å². The smallest absolute Gasteiger partial charge is 0.790 e. The average Bonchev–Trinajstić information content (AvgIpc) is 1.14. The first kappa shape index (κ1) is 14.4. The zero-order valence-electron chi connectivity index (χ0n) is 4.79. The molecule has 10 heteroatoms. The molecule has 0 radical (unpaired) electrons. The third-order valence-corrected chi connectivity index (χ3v) is 1.83. The van der Waals surface area contributed by atoms with E-state index in [-0.39, 0.29) is 51.4 Å². The molecule has 0 aliphatic heterocycles. The Morgan fingerprint density at radius 3 is 1.50 bits per heavy atom. The summed E-state index contributed by atoms with van der Waals surface area (Å²) in [6.07, 6.45) is 0. The summed E-state index contributed by atoms with van der Waals surface area (Å²) in [5.74, 6) is 0. The first-order valence-electron chi connectivity index (χ1n) is 1.48. The fraction of sp³-hybridized carbons (Fsp3) is 0. The van der Waals surface area contributed by atoms with E-state index in [4.69, 9.17) is 4.89 Å². The molecule has 0 rings (SSSR count). The van der Waals surface area contributed by atoms with Gasteiger partial charge in [-0.15, -0.1) is 0 Å². The zero-order valence-corrected chi connectivity index (χ0v) is 9.70. The van der Waals surface area contributed by atoms with E-state index in [2.05, 4.69) is 4.31 Å². The summed E-state index contributed by atoms with van der Waals surface area (Å²) in [4.78, 5) is 35.7. The first-order valence-corrected chi connectivity index (χ1v) is 4.43. The van der Waals surface area contributed by atoms with Crippen molar-refractivity contribution in [2.24, 2.45) is 0 Å². The minimum absolute atomic E-state index is 0. The van der Waals surface area contributed by atoms with Crippen LogP contribution in [0, 0.1) is 0 Å². The number of rotatable bonds is 2. The van der Waals surface area contributed by atoms with E-state index < -0.39 is 15.6 Å². The van der Waals surface area contributed by atoms with Crippen molar-refractivity contribution in [1.82, 2.24) is 0 Å². The van der Waals surface area contributed by atoms with E-state index in [0.29, 0.717) is 0 Å². The Hall–Kier alpha value is 1.90. The quantitative estimate of drug-likeness (QED) is 0.357. The molecular weight excluding hydrogens is 213 g/mol. The number of hydrogen-bond donors (Lipinski definition) is 1. The second kappa shape index (κ2) is 4.81. The monoisotopic (exact) mass is 214 g/mol. The van der Waals surface area contributed by atoms with Crippen LogP contribution in [0.15, 0.2) is 0 Å². The summed E-state index contributed by atoms with van der Waals surface area (Å²) in [5.41, 5.74) is 0. The van der Waals surface area contributed by atoms with Gasteiger partial charge in [-0.3, -0.25) is 8.88 Å². The van der Waals surface area contributed by atoms with Crippen molar-refractivity contribution >= 4 is 15.6 Å². The normalized spacial score (nSPS) is 17.2. The van der Waals surface area contributed by atoms with E-state index in [0.717, 1.165) is 0 Å². The van der Waals surface area contributed by atoms with Gasteiger partial charge in [0.05, 0.1) is 7.82 Å². The second-order valence-electron chi connectivity index (χ2n) is 0.997. The minimum Gasteiger partial charge on any atom is -0.790 e. The number of phosphoric acid groups is 2. The molecule has 7 nitrogen and oxygen atoms in total. The van der Waals surface area contributed by atoms with Crippen molar-refractivity contribution in [1.29, 1.82) is 0 Å². The second-order valence-corrected chi connectivity index (χ2v) is 3.48. The molecule has 1 unspecified atom stereocenters. The van der Waals surface area contributed by atoms with Gasteiger partial charge in [0.2, 0.25) is 0 Å². The van der Waals surface area contributed by atoms with E-state index in [9.17, 15) is 23.8 Å². The predicted molar refractivity (Wildman–Crippen MR) is 18.5 cm³/mol. The maximum absolute atomic E-state index is 9.44. The number of hydrogen-bond acceptors (Lipinski definition) is 6. The van der Waals surface area contributed by atoms with E-state index in [1.165, 1.54) is 0 Å². The Morgan fingerprint density at radius 2 is 1.50 bits per heavy atom. The van der Waals surface area contributed by atoms with Crippen LogP contribution >= 0.6 is 15.6 Å². The van der Waals surface area contributed by atoms with Gasteiger partial charge in [0.1, 0.15) is 0 Å². The first-order chi connectivity index (χ1) is 3.71. The van der Waals surface area contributed by atoms with Crippen LogP contribution in [0.2, 0.25) is 0 Å². The molecule has 0 aliphatic rings. The largest absolute Gasteiger partial charge is 1.00 e. The molecular formula is HKO7P2-2. The van der Waals surface area contributed by atoms with Crippen LogP contribution in [0.4, 0.5) is 0 Å². The maximum atomic E-state index is 9.44. The molecule has 0 aliphatic carbocycles. The maximum Gasteiger partial charge on any atom is 1.00 e. The summed E-state index contributed by atoms with van der Waals surface area (Å²) < 4.78 is 21.4. The molecule has 0 aromatic rings. The van der Waals surface area contributed by atoms with Crippen molar-refractivity contribution in [3.63, 3.8) is 0 Å². The van der Waals surface area contributed by atoms with Crippen LogP contribution in [0.5, 0.6) is 0 Å². The zero-order chi connectivity index (χ0) is 7.71. The molecule has 0 amide bonds. The van der Waals surface area contributed by atoms with Gasteiger partial charge < -0.3 is 24.1 Å². The molecule has 0 aromatic heterocycles. The van der Waals surface area contributed by atoms with Gasteiger partial charge in [-0.1, -0.05) is 0 Å². The third kappa shape index (κ3) is 12.6. The van der Waals surface area contributed by atoms with Gasteiger partial charge in [-0.05, 0) is 0 Å². The molecule has 0 saturated heterocycles. The standard InChI is InChI=1S/K.H4O7P2/c;1-8(2,3)7-9(4,5)6/h;(H2,1,2,3)(H2,4,5,6)/q+1;/p-3. The van der Waals surface area contributed by atoms with E-state index in [1.54, 1.807) is 0 Å². The summed E-state index contributed by atoms with van der Waals surface area (Å²) in [7, 11) is -11.0. The average molecular weight is 214 g/mol. The molecule has 10 heavy (non-hydrogen) atoms. The van der Waals surface area contributed by atoms with Crippen LogP contribution in [-0.4, -0.2) is 4.89 Å². The van der Waals surface area contributed by atoms with Crippen molar-refractivity contribution in [2.75, 3.05) is 0 Å². The Morgan fingerprint density at radius 1 is 1.20 bits per heavy atom. The SMILES string of the molecule is O=P([O-])([O-])OP(=O)([O-])O.[K+].